The van der Waals surface area contributed by atoms with E-state index in [4.69, 9.17) is 0 Å². The molecule has 1 aliphatic heterocycles. The third-order valence-corrected chi connectivity index (χ3v) is 3.03. The molecule has 3 amide bonds. The molecule has 0 saturated carbocycles. The van der Waals surface area contributed by atoms with Crippen molar-refractivity contribution in [1.82, 2.24) is 5.32 Å². The van der Waals surface area contributed by atoms with Gasteiger partial charge in [-0.15, -0.1) is 0 Å². The molecule has 90 valence electrons. The number of carbonyl (C=O) groups is 2. The van der Waals surface area contributed by atoms with Gasteiger partial charge in [0.25, 0.3) is 0 Å². The number of urea groups is 1. The molecule has 1 aromatic rings. The lowest BCUT2D eigenvalue weighted by Gasteiger charge is -2.28. The maximum absolute atomic E-state index is 11.8. The molecule has 0 atom stereocenters. The lowest BCUT2D eigenvalue weighted by molar-refractivity contribution is -0.120. The largest absolute Gasteiger partial charge is 0.328 e. The zero-order valence-corrected chi connectivity index (χ0v) is 10.1. The first-order valence-electron chi connectivity index (χ1n) is 5.82. The summed E-state index contributed by atoms with van der Waals surface area (Å²) < 4.78 is 0. The number of amides is 3. The van der Waals surface area contributed by atoms with E-state index >= 15 is 0 Å². The van der Waals surface area contributed by atoms with Crippen LogP contribution in [0.2, 0.25) is 0 Å². The molecule has 4 heteroatoms. The highest BCUT2D eigenvalue weighted by molar-refractivity contribution is 6.05. The average Bonchev–Trinajstić information content (AvgIpc) is 2.30. The zero-order chi connectivity index (χ0) is 12.4. The highest BCUT2D eigenvalue weighted by atomic mass is 16.2. The highest BCUT2D eigenvalue weighted by Gasteiger charge is 2.25. The molecule has 1 aromatic carbocycles. The minimum atomic E-state index is -0.322. The molecule has 1 aliphatic rings. The molecule has 0 unspecified atom stereocenters. The van der Waals surface area contributed by atoms with Crippen LogP contribution in [0.1, 0.15) is 24.5 Å². The van der Waals surface area contributed by atoms with Crippen LogP contribution < -0.4 is 10.2 Å². The first-order valence-corrected chi connectivity index (χ1v) is 5.82. The normalized spacial score (nSPS) is 16.0. The zero-order valence-electron chi connectivity index (χ0n) is 10.1. The van der Waals surface area contributed by atoms with Crippen LogP contribution in [-0.4, -0.2) is 18.5 Å². The molecular weight excluding hydrogens is 216 g/mol. The standard InChI is InChI=1S/C13H16N2O2/c1-3-10-5-4-9(2)11(8-10)15-7-6-12(16)14-13(15)17/h4-5,8H,3,6-7H2,1-2H3,(H,14,16,17). The Kier molecular flexibility index (Phi) is 3.13. The van der Waals surface area contributed by atoms with Crippen molar-refractivity contribution in [2.75, 3.05) is 11.4 Å². The number of carbonyl (C=O) groups excluding carboxylic acids is 2. The van der Waals surface area contributed by atoms with Crippen LogP contribution in [-0.2, 0) is 11.2 Å². The average molecular weight is 232 g/mol. The van der Waals surface area contributed by atoms with E-state index in [1.54, 1.807) is 4.90 Å². The molecule has 1 saturated heterocycles. The summed E-state index contributed by atoms with van der Waals surface area (Å²) >= 11 is 0. The van der Waals surface area contributed by atoms with Crippen molar-refractivity contribution in [2.45, 2.75) is 26.7 Å². The van der Waals surface area contributed by atoms with Gasteiger partial charge >= 0.3 is 6.03 Å². The Morgan fingerprint density at radius 2 is 2.12 bits per heavy atom. The van der Waals surface area contributed by atoms with E-state index in [-0.39, 0.29) is 11.9 Å². The van der Waals surface area contributed by atoms with Crippen molar-refractivity contribution in [3.8, 4) is 0 Å². The Labute approximate surface area is 101 Å². The summed E-state index contributed by atoms with van der Waals surface area (Å²) in [5, 5.41) is 2.34. The van der Waals surface area contributed by atoms with Crippen molar-refractivity contribution in [1.29, 1.82) is 0 Å². The summed E-state index contributed by atoms with van der Waals surface area (Å²) in [6.07, 6.45) is 1.29. The van der Waals surface area contributed by atoms with Crippen LogP contribution in [0.4, 0.5) is 10.5 Å². The van der Waals surface area contributed by atoms with E-state index in [0.717, 1.165) is 17.7 Å². The van der Waals surface area contributed by atoms with Crippen molar-refractivity contribution >= 4 is 17.6 Å². The summed E-state index contributed by atoms with van der Waals surface area (Å²) in [7, 11) is 0. The van der Waals surface area contributed by atoms with Crippen LogP contribution >= 0.6 is 0 Å². The summed E-state index contributed by atoms with van der Waals surface area (Å²) in [4.78, 5) is 24.5. The molecular formula is C13H16N2O2. The van der Waals surface area contributed by atoms with Gasteiger partial charge in [0.15, 0.2) is 0 Å². The Balaban J connectivity index is 2.33. The second-order valence-electron chi connectivity index (χ2n) is 4.23. The van der Waals surface area contributed by atoms with E-state index in [9.17, 15) is 9.59 Å². The first kappa shape index (κ1) is 11.6. The fourth-order valence-electron chi connectivity index (χ4n) is 1.96. The number of nitrogens with zero attached hydrogens (tertiary/aromatic N) is 1. The van der Waals surface area contributed by atoms with Gasteiger partial charge in [-0.25, -0.2) is 4.79 Å². The van der Waals surface area contributed by atoms with Gasteiger partial charge in [-0.1, -0.05) is 19.1 Å². The summed E-state index contributed by atoms with van der Waals surface area (Å²) in [5.74, 6) is -0.199. The van der Waals surface area contributed by atoms with Crippen LogP contribution in [0.5, 0.6) is 0 Å². The molecule has 0 radical (unpaired) electrons. The van der Waals surface area contributed by atoms with E-state index in [1.165, 1.54) is 5.56 Å². The molecule has 2 rings (SSSR count). The third-order valence-electron chi connectivity index (χ3n) is 3.03. The van der Waals surface area contributed by atoms with Crippen molar-refractivity contribution < 1.29 is 9.59 Å². The van der Waals surface area contributed by atoms with Crippen LogP contribution in [0.15, 0.2) is 18.2 Å². The number of anilines is 1. The van der Waals surface area contributed by atoms with E-state index in [0.29, 0.717) is 13.0 Å². The number of rotatable bonds is 2. The number of aryl methyl sites for hydroxylation is 2. The third kappa shape index (κ3) is 2.30. The molecule has 0 aromatic heterocycles. The fraction of sp³-hybridized carbons (Fsp3) is 0.385. The maximum Gasteiger partial charge on any atom is 0.328 e. The Hall–Kier alpha value is -1.84. The Morgan fingerprint density at radius 1 is 1.35 bits per heavy atom. The van der Waals surface area contributed by atoms with Crippen molar-refractivity contribution in [3.05, 3.63) is 29.3 Å². The van der Waals surface area contributed by atoms with Gasteiger partial charge in [0, 0.05) is 18.7 Å². The topological polar surface area (TPSA) is 49.4 Å². The van der Waals surface area contributed by atoms with Gasteiger partial charge in [0.1, 0.15) is 0 Å². The van der Waals surface area contributed by atoms with Crippen LogP contribution in [0, 0.1) is 6.92 Å². The number of hydrogen-bond acceptors (Lipinski definition) is 2. The van der Waals surface area contributed by atoms with Crippen LogP contribution in [0.3, 0.4) is 0 Å². The molecule has 17 heavy (non-hydrogen) atoms. The van der Waals surface area contributed by atoms with Gasteiger partial charge in [0.2, 0.25) is 5.91 Å². The van der Waals surface area contributed by atoms with Gasteiger partial charge in [-0.3, -0.25) is 15.0 Å². The lowest BCUT2D eigenvalue weighted by Crippen LogP contribution is -2.49. The molecule has 0 aliphatic carbocycles. The number of hydrogen-bond donors (Lipinski definition) is 1. The quantitative estimate of drug-likeness (QED) is 0.847. The van der Waals surface area contributed by atoms with Gasteiger partial charge < -0.3 is 0 Å². The van der Waals surface area contributed by atoms with Gasteiger partial charge in [-0.05, 0) is 30.5 Å². The predicted molar refractivity (Wildman–Crippen MR) is 66.1 cm³/mol. The van der Waals surface area contributed by atoms with E-state index in [2.05, 4.69) is 18.3 Å². The summed E-state index contributed by atoms with van der Waals surface area (Å²) in [6, 6.07) is 5.77. The van der Waals surface area contributed by atoms with Crippen LogP contribution in [0.25, 0.3) is 0 Å². The molecule has 0 bridgehead atoms. The predicted octanol–water partition coefficient (Wildman–Crippen LogP) is 2.00. The number of benzene rings is 1. The van der Waals surface area contributed by atoms with Gasteiger partial charge in [0.05, 0.1) is 0 Å². The fourth-order valence-corrected chi connectivity index (χ4v) is 1.96. The second-order valence-corrected chi connectivity index (χ2v) is 4.23. The van der Waals surface area contributed by atoms with Crippen molar-refractivity contribution in [2.24, 2.45) is 0 Å². The SMILES string of the molecule is CCc1ccc(C)c(N2CCC(=O)NC2=O)c1. The van der Waals surface area contributed by atoms with E-state index < -0.39 is 0 Å². The number of nitrogens with one attached hydrogen (secondary N) is 1. The van der Waals surface area contributed by atoms with Crippen molar-refractivity contribution in [3.63, 3.8) is 0 Å². The number of imide groups is 1. The molecule has 1 N–H and O–H groups in total. The highest BCUT2D eigenvalue weighted by Crippen LogP contribution is 2.23. The molecule has 1 fully saturated rings. The molecule has 0 spiro atoms. The first-order chi connectivity index (χ1) is 8.11. The Morgan fingerprint density at radius 3 is 2.76 bits per heavy atom. The van der Waals surface area contributed by atoms with E-state index in [1.807, 2.05) is 19.1 Å². The molecule has 1 heterocycles. The van der Waals surface area contributed by atoms with Gasteiger partial charge in [-0.2, -0.15) is 0 Å². The molecule has 4 nitrogen and oxygen atoms in total. The smallest absolute Gasteiger partial charge is 0.293 e. The second kappa shape index (κ2) is 4.57. The summed E-state index contributed by atoms with van der Waals surface area (Å²) in [6.45, 7) is 4.51. The minimum absolute atomic E-state index is 0.199. The minimum Gasteiger partial charge on any atom is -0.293 e. The maximum atomic E-state index is 11.8. The lowest BCUT2D eigenvalue weighted by atomic mass is 10.1. The summed E-state index contributed by atoms with van der Waals surface area (Å²) in [5.41, 5.74) is 3.14. The Bertz CT molecular complexity index is 468. The monoisotopic (exact) mass is 232 g/mol.